The monoisotopic (exact) mass is 318 g/mol. The topological polar surface area (TPSA) is 50.4 Å². The Morgan fingerprint density at radius 1 is 1.18 bits per heavy atom. The number of urea groups is 1. The number of nitrogens with one attached hydrogen (secondary N) is 2. The number of thiophene rings is 1. The van der Waals surface area contributed by atoms with Gasteiger partial charge >= 0.3 is 6.03 Å². The minimum atomic E-state index is -0.222. The molecule has 2 amide bonds. The summed E-state index contributed by atoms with van der Waals surface area (Å²) in [6.07, 6.45) is -0.122. The van der Waals surface area contributed by atoms with E-state index in [1.165, 1.54) is 4.88 Å². The number of methoxy groups -OCH3 is 1. The zero-order chi connectivity index (χ0) is 16.1. The molecule has 1 atom stereocenters. The van der Waals surface area contributed by atoms with Gasteiger partial charge in [0.15, 0.2) is 0 Å². The molecular weight excluding hydrogens is 296 g/mol. The average Bonchev–Trinajstić information content (AvgIpc) is 2.85. The molecule has 1 unspecified atom stereocenters. The van der Waals surface area contributed by atoms with E-state index in [4.69, 9.17) is 4.74 Å². The Kier molecular flexibility index (Phi) is 5.57. The Morgan fingerprint density at radius 2 is 1.86 bits per heavy atom. The Hall–Kier alpha value is -1.85. The van der Waals surface area contributed by atoms with Crippen molar-refractivity contribution < 1.29 is 9.53 Å². The van der Waals surface area contributed by atoms with Crippen LogP contribution in [0.5, 0.6) is 0 Å². The van der Waals surface area contributed by atoms with Gasteiger partial charge in [0.1, 0.15) is 6.10 Å². The first-order valence-electron chi connectivity index (χ1n) is 7.20. The summed E-state index contributed by atoms with van der Waals surface area (Å²) in [4.78, 5) is 14.4. The van der Waals surface area contributed by atoms with Gasteiger partial charge in [-0.05, 0) is 56.2 Å². The Bertz CT molecular complexity index is 632. The maximum absolute atomic E-state index is 12.0. The van der Waals surface area contributed by atoms with Crippen LogP contribution < -0.4 is 10.6 Å². The number of hydrogen-bond acceptors (Lipinski definition) is 3. The summed E-state index contributed by atoms with van der Waals surface area (Å²) in [5.41, 5.74) is 3.05. The number of anilines is 1. The lowest BCUT2D eigenvalue weighted by Crippen LogP contribution is -2.32. The summed E-state index contributed by atoms with van der Waals surface area (Å²) < 4.78 is 5.46. The lowest BCUT2D eigenvalue weighted by Gasteiger charge is -2.15. The number of hydrogen-bond donors (Lipinski definition) is 2. The third-order valence-corrected chi connectivity index (χ3v) is 4.38. The Balaban J connectivity index is 1.91. The van der Waals surface area contributed by atoms with Crippen LogP contribution in [0.4, 0.5) is 10.5 Å². The number of carbonyl (C=O) groups is 1. The molecule has 0 spiro atoms. The van der Waals surface area contributed by atoms with Gasteiger partial charge < -0.3 is 15.4 Å². The van der Waals surface area contributed by atoms with Crippen LogP contribution in [0.2, 0.25) is 0 Å². The van der Waals surface area contributed by atoms with Crippen molar-refractivity contribution in [3.05, 3.63) is 51.2 Å². The molecule has 0 radical (unpaired) electrons. The Morgan fingerprint density at radius 3 is 2.41 bits per heavy atom. The van der Waals surface area contributed by atoms with Gasteiger partial charge in [-0.3, -0.25) is 0 Å². The van der Waals surface area contributed by atoms with Crippen molar-refractivity contribution in [3.8, 4) is 0 Å². The molecule has 0 saturated carbocycles. The maximum Gasteiger partial charge on any atom is 0.319 e. The predicted molar refractivity (Wildman–Crippen MR) is 91.7 cm³/mol. The fraction of sp³-hybridized carbons (Fsp3) is 0.353. The first-order valence-corrected chi connectivity index (χ1v) is 8.02. The van der Waals surface area contributed by atoms with E-state index in [1.54, 1.807) is 18.4 Å². The maximum atomic E-state index is 12.0. The summed E-state index contributed by atoms with van der Waals surface area (Å²) in [5, 5.41) is 5.72. The van der Waals surface area contributed by atoms with Gasteiger partial charge in [-0.15, -0.1) is 11.3 Å². The largest absolute Gasteiger partial charge is 0.374 e. The molecule has 0 aliphatic rings. The second-order valence-corrected chi connectivity index (χ2v) is 6.70. The Labute approximate surface area is 135 Å². The predicted octanol–water partition coefficient (Wildman–Crippen LogP) is 4.18. The van der Waals surface area contributed by atoms with E-state index in [1.807, 2.05) is 32.0 Å². The lowest BCUT2D eigenvalue weighted by molar-refractivity contribution is 0.107. The highest BCUT2D eigenvalue weighted by molar-refractivity contribution is 7.12. The smallest absolute Gasteiger partial charge is 0.319 e. The van der Waals surface area contributed by atoms with Gasteiger partial charge in [0, 0.05) is 22.6 Å². The van der Waals surface area contributed by atoms with Gasteiger partial charge in [-0.1, -0.05) is 6.07 Å². The molecule has 0 saturated heterocycles. The number of aryl methyl sites for hydroxylation is 3. The molecule has 1 heterocycles. The first kappa shape index (κ1) is 16.5. The highest BCUT2D eigenvalue weighted by atomic mass is 32.1. The number of rotatable bonds is 5. The van der Waals surface area contributed by atoms with Crippen molar-refractivity contribution in [2.75, 3.05) is 19.0 Å². The summed E-state index contributed by atoms with van der Waals surface area (Å²) in [6.45, 7) is 6.51. The summed E-state index contributed by atoms with van der Waals surface area (Å²) in [7, 11) is 1.66. The molecule has 0 bridgehead atoms. The molecular formula is C17H22N2O2S. The molecule has 2 aromatic rings. The normalized spacial score (nSPS) is 12.0. The highest BCUT2D eigenvalue weighted by Crippen LogP contribution is 2.24. The SMILES string of the molecule is COC(CNC(=O)Nc1cc(C)cc(C)c1)c1ccc(C)s1. The van der Waals surface area contributed by atoms with Crippen LogP contribution in [0, 0.1) is 20.8 Å². The van der Waals surface area contributed by atoms with Crippen LogP contribution in [0.25, 0.3) is 0 Å². The van der Waals surface area contributed by atoms with Crippen molar-refractivity contribution in [2.45, 2.75) is 26.9 Å². The molecule has 1 aromatic heterocycles. The van der Waals surface area contributed by atoms with E-state index in [2.05, 4.69) is 29.7 Å². The third kappa shape index (κ3) is 4.58. The van der Waals surface area contributed by atoms with Crippen LogP contribution in [-0.4, -0.2) is 19.7 Å². The van der Waals surface area contributed by atoms with E-state index >= 15 is 0 Å². The van der Waals surface area contributed by atoms with E-state index in [0.29, 0.717) is 6.54 Å². The molecule has 0 aliphatic carbocycles. The van der Waals surface area contributed by atoms with Gasteiger partial charge in [-0.2, -0.15) is 0 Å². The van der Waals surface area contributed by atoms with Crippen LogP contribution in [0.3, 0.4) is 0 Å². The van der Waals surface area contributed by atoms with E-state index in [9.17, 15) is 4.79 Å². The number of ether oxygens (including phenoxy) is 1. The number of amides is 2. The van der Waals surface area contributed by atoms with E-state index in [0.717, 1.165) is 21.7 Å². The van der Waals surface area contributed by atoms with Crippen LogP contribution >= 0.6 is 11.3 Å². The van der Waals surface area contributed by atoms with Gasteiger partial charge in [0.2, 0.25) is 0 Å². The van der Waals surface area contributed by atoms with Gasteiger partial charge in [0.25, 0.3) is 0 Å². The van der Waals surface area contributed by atoms with E-state index < -0.39 is 0 Å². The average molecular weight is 318 g/mol. The van der Waals surface area contributed by atoms with Crippen LogP contribution in [-0.2, 0) is 4.74 Å². The van der Waals surface area contributed by atoms with Crippen molar-refractivity contribution >= 4 is 23.1 Å². The summed E-state index contributed by atoms with van der Waals surface area (Å²) >= 11 is 1.68. The standard InChI is InChI=1S/C17H22N2O2S/c1-11-7-12(2)9-14(8-11)19-17(20)18-10-15(21-4)16-6-5-13(3)22-16/h5-9,15H,10H2,1-4H3,(H2,18,19,20). The minimum Gasteiger partial charge on any atom is -0.374 e. The van der Waals surface area contributed by atoms with Gasteiger partial charge in [-0.25, -0.2) is 4.79 Å². The lowest BCUT2D eigenvalue weighted by atomic mass is 10.1. The van der Waals surface area contributed by atoms with Crippen molar-refractivity contribution in [1.29, 1.82) is 0 Å². The van der Waals surface area contributed by atoms with Crippen molar-refractivity contribution in [3.63, 3.8) is 0 Å². The summed E-state index contributed by atoms with van der Waals surface area (Å²) in [6, 6.07) is 9.84. The highest BCUT2D eigenvalue weighted by Gasteiger charge is 2.14. The molecule has 118 valence electrons. The molecule has 5 heteroatoms. The fourth-order valence-corrected chi connectivity index (χ4v) is 3.29. The van der Waals surface area contributed by atoms with E-state index in [-0.39, 0.29) is 12.1 Å². The minimum absolute atomic E-state index is 0.122. The molecule has 2 N–H and O–H groups in total. The molecule has 22 heavy (non-hydrogen) atoms. The van der Waals surface area contributed by atoms with Gasteiger partial charge in [0.05, 0.1) is 6.54 Å². The second-order valence-electron chi connectivity index (χ2n) is 5.38. The second kappa shape index (κ2) is 7.42. The molecule has 2 rings (SSSR count). The molecule has 1 aromatic carbocycles. The molecule has 4 nitrogen and oxygen atoms in total. The quantitative estimate of drug-likeness (QED) is 0.869. The van der Waals surface area contributed by atoms with Crippen LogP contribution in [0.1, 0.15) is 27.0 Å². The zero-order valence-corrected chi connectivity index (χ0v) is 14.2. The fourth-order valence-electron chi connectivity index (χ4n) is 2.33. The van der Waals surface area contributed by atoms with Crippen molar-refractivity contribution in [1.82, 2.24) is 5.32 Å². The number of carbonyl (C=O) groups excluding carboxylic acids is 1. The van der Waals surface area contributed by atoms with Crippen molar-refractivity contribution in [2.24, 2.45) is 0 Å². The zero-order valence-electron chi connectivity index (χ0n) is 13.4. The molecule has 0 aliphatic heterocycles. The molecule has 0 fully saturated rings. The number of benzene rings is 1. The third-order valence-electron chi connectivity index (χ3n) is 3.29. The summed E-state index contributed by atoms with van der Waals surface area (Å²) in [5.74, 6) is 0. The first-order chi connectivity index (χ1) is 10.5. The van der Waals surface area contributed by atoms with Crippen LogP contribution in [0.15, 0.2) is 30.3 Å².